The Balaban J connectivity index is 0.000000167. The van der Waals surface area contributed by atoms with Crippen LogP contribution in [-0.4, -0.2) is 15.0 Å². The van der Waals surface area contributed by atoms with Gasteiger partial charge in [-0.2, -0.15) is 0 Å². The minimum absolute atomic E-state index is 0. The molecule has 4 aromatic carbocycles. The third-order valence-corrected chi connectivity index (χ3v) is 5.89. The molecule has 2 heterocycles. The van der Waals surface area contributed by atoms with Crippen LogP contribution in [0.15, 0.2) is 97.5 Å². The maximum Gasteiger partial charge on any atom is 0.0748 e. The molecule has 3 nitrogen and oxygen atoms in total. The average Bonchev–Trinajstić information content (AvgIpc) is 2.90. The fourth-order valence-corrected chi connectivity index (χ4v) is 4.17. The van der Waals surface area contributed by atoms with Crippen LogP contribution in [0.2, 0.25) is 0 Å². The molecule has 0 N–H and O–H groups in total. The number of hydrogen-bond donors (Lipinski definition) is 0. The Hall–Kier alpha value is -3.72. The SMILES string of the molecule is Cc1[c-]c2c(ccc3cccnc32)c(C)c1.Cc1cnc(-c2[c-]ccc(-c3ccccc3)c2)nc1.[Ir]. The summed E-state index contributed by atoms with van der Waals surface area (Å²) in [6.07, 6.45) is 5.49. The number of fused-ring (bicyclic) bond motifs is 3. The summed E-state index contributed by atoms with van der Waals surface area (Å²) in [6.45, 7) is 6.19. The molecule has 0 spiro atoms. The number of aryl methyl sites for hydroxylation is 3. The Morgan fingerprint density at radius 1 is 0.722 bits per heavy atom. The molecule has 1 radical (unpaired) electrons. The second-order valence-electron chi connectivity index (χ2n) is 8.64. The zero-order valence-corrected chi connectivity index (χ0v) is 22.8. The van der Waals surface area contributed by atoms with E-state index in [2.05, 4.69) is 83.4 Å². The van der Waals surface area contributed by atoms with E-state index < -0.39 is 0 Å². The Kier molecular flexibility index (Phi) is 8.00. The molecule has 0 saturated carbocycles. The number of aromatic nitrogens is 3. The summed E-state index contributed by atoms with van der Waals surface area (Å²) in [4.78, 5) is 13.1. The van der Waals surface area contributed by atoms with Gasteiger partial charge in [-0.3, -0.25) is 9.97 Å². The predicted molar refractivity (Wildman–Crippen MR) is 144 cm³/mol. The van der Waals surface area contributed by atoms with Crippen LogP contribution >= 0.6 is 0 Å². The zero-order valence-electron chi connectivity index (χ0n) is 20.4. The van der Waals surface area contributed by atoms with Crippen molar-refractivity contribution in [2.45, 2.75) is 20.8 Å². The van der Waals surface area contributed by atoms with Gasteiger partial charge in [0.15, 0.2) is 0 Å². The maximum atomic E-state index is 4.46. The Morgan fingerprint density at radius 2 is 1.50 bits per heavy atom. The van der Waals surface area contributed by atoms with E-state index in [0.29, 0.717) is 5.82 Å². The van der Waals surface area contributed by atoms with Gasteiger partial charge in [0.05, 0.1) is 5.82 Å². The van der Waals surface area contributed by atoms with E-state index in [9.17, 15) is 0 Å². The van der Waals surface area contributed by atoms with Crippen molar-refractivity contribution < 1.29 is 20.1 Å². The number of hydrogen-bond acceptors (Lipinski definition) is 3. The first-order chi connectivity index (χ1) is 17.1. The van der Waals surface area contributed by atoms with Crippen LogP contribution in [0.25, 0.3) is 44.2 Å². The molecule has 0 atom stereocenters. The molecule has 0 aliphatic carbocycles. The van der Waals surface area contributed by atoms with Gasteiger partial charge in [0, 0.05) is 38.7 Å². The van der Waals surface area contributed by atoms with Gasteiger partial charge in [-0.15, -0.1) is 69.4 Å². The Morgan fingerprint density at radius 3 is 2.28 bits per heavy atom. The Bertz CT molecular complexity index is 1610. The molecule has 36 heavy (non-hydrogen) atoms. The molecular formula is C32H25IrN3-2. The standard InChI is InChI=1S/C17H13N2.C15H12N.Ir/c1-13-11-18-17(19-12-13)16-9-5-8-15(10-16)14-6-3-2-4-7-14;1-10-8-11(2)13-6-5-12-4-3-7-16-15(12)14(13)9-10;/h2-8,10-12H,1H3;3-8H,1-2H3;/q2*-1;. The van der Waals surface area contributed by atoms with Crippen molar-refractivity contribution in [3.8, 4) is 22.5 Å². The summed E-state index contributed by atoms with van der Waals surface area (Å²) in [5.74, 6) is 0.711. The van der Waals surface area contributed by atoms with Crippen molar-refractivity contribution in [3.05, 3.63) is 126 Å². The van der Waals surface area contributed by atoms with Crippen molar-refractivity contribution >= 4 is 21.7 Å². The van der Waals surface area contributed by atoms with E-state index in [1.165, 1.54) is 27.5 Å². The van der Waals surface area contributed by atoms with Crippen LogP contribution in [0.4, 0.5) is 0 Å². The molecule has 0 bridgehead atoms. The molecule has 0 aliphatic rings. The third-order valence-electron chi connectivity index (χ3n) is 5.89. The number of benzene rings is 4. The molecule has 0 amide bonds. The summed E-state index contributed by atoms with van der Waals surface area (Å²) >= 11 is 0. The summed E-state index contributed by atoms with van der Waals surface area (Å²) in [5, 5.41) is 3.56. The first-order valence-electron chi connectivity index (χ1n) is 11.6. The normalized spacial score (nSPS) is 10.4. The van der Waals surface area contributed by atoms with Crippen LogP contribution in [0.3, 0.4) is 0 Å². The number of rotatable bonds is 2. The fraction of sp³-hybridized carbons (Fsp3) is 0.0938. The van der Waals surface area contributed by atoms with Gasteiger partial charge in [0.1, 0.15) is 0 Å². The summed E-state index contributed by atoms with van der Waals surface area (Å²) in [5.41, 5.74) is 7.82. The smallest absolute Gasteiger partial charge is 0.0748 e. The zero-order chi connectivity index (χ0) is 24.2. The van der Waals surface area contributed by atoms with Crippen LogP contribution in [0.5, 0.6) is 0 Å². The van der Waals surface area contributed by atoms with Crippen LogP contribution in [0, 0.1) is 32.9 Å². The molecule has 2 aromatic heterocycles. The quantitative estimate of drug-likeness (QED) is 0.143. The molecule has 4 heteroatoms. The molecule has 0 fully saturated rings. The predicted octanol–water partition coefficient (Wildman–Crippen LogP) is 7.72. The first-order valence-corrected chi connectivity index (χ1v) is 11.6. The van der Waals surface area contributed by atoms with Gasteiger partial charge in [0.2, 0.25) is 0 Å². The second-order valence-corrected chi connectivity index (χ2v) is 8.64. The molecule has 0 aliphatic heterocycles. The number of pyridine rings is 1. The molecule has 6 aromatic rings. The van der Waals surface area contributed by atoms with Crippen LogP contribution < -0.4 is 0 Å². The van der Waals surface area contributed by atoms with Crippen molar-refractivity contribution in [1.82, 2.24) is 15.0 Å². The van der Waals surface area contributed by atoms with E-state index in [4.69, 9.17) is 0 Å². The molecule has 179 valence electrons. The maximum absolute atomic E-state index is 4.46. The number of nitrogens with zero attached hydrogens (tertiary/aromatic N) is 3. The van der Waals surface area contributed by atoms with Gasteiger partial charge in [-0.05, 0) is 35.0 Å². The first kappa shape index (κ1) is 25.4. The van der Waals surface area contributed by atoms with Crippen molar-refractivity contribution in [3.63, 3.8) is 0 Å². The van der Waals surface area contributed by atoms with Gasteiger partial charge >= 0.3 is 0 Å². The largest absolute Gasteiger partial charge is 0.304 e. The molecule has 0 saturated heterocycles. The van der Waals surface area contributed by atoms with Crippen LogP contribution in [-0.2, 0) is 20.1 Å². The summed E-state index contributed by atoms with van der Waals surface area (Å²) in [7, 11) is 0. The van der Waals surface area contributed by atoms with Gasteiger partial charge in [-0.25, -0.2) is 0 Å². The molecular weight excluding hydrogens is 619 g/mol. The minimum atomic E-state index is 0. The van der Waals surface area contributed by atoms with E-state index in [0.717, 1.165) is 27.6 Å². The van der Waals surface area contributed by atoms with Crippen molar-refractivity contribution in [2.24, 2.45) is 0 Å². The average molecular weight is 644 g/mol. The van der Waals surface area contributed by atoms with E-state index >= 15 is 0 Å². The summed E-state index contributed by atoms with van der Waals surface area (Å²) < 4.78 is 0. The monoisotopic (exact) mass is 644 g/mol. The topological polar surface area (TPSA) is 38.7 Å². The van der Waals surface area contributed by atoms with E-state index in [1.54, 1.807) is 0 Å². The van der Waals surface area contributed by atoms with E-state index in [-0.39, 0.29) is 20.1 Å². The Labute approximate surface area is 225 Å². The van der Waals surface area contributed by atoms with Crippen molar-refractivity contribution in [2.75, 3.05) is 0 Å². The van der Waals surface area contributed by atoms with Gasteiger partial charge < -0.3 is 4.98 Å². The second kappa shape index (κ2) is 11.3. The van der Waals surface area contributed by atoms with Gasteiger partial charge in [0.25, 0.3) is 0 Å². The van der Waals surface area contributed by atoms with Crippen LogP contribution in [0.1, 0.15) is 16.7 Å². The molecule has 6 rings (SSSR count). The third kappa shape index (κ3) is 5.57. The fourth-order valence-electron chi connectivity index (χ4n) is 4.17. The van der Waals surface area contributed by atoms with E-state index in [1.807, 2.05) is 61.9 Å². The van der Waals surface area contributed by atoms with Gasteiger partial charge in [-0.1, -0.05) is 62.4 Å². The van der Waals surface area contributed by atoms with Crippen molar-refractivity contribution in [1.29, 1.82) is 0 Å². The summed E-state index contributed by atoms with van der Waals surface area (Å²) in [6, 6.07) is 33.4. The minimum Gasteiger partial charge on any atom is -0.304 e. The molecule has 0 unspecified atom stereocenters.